The molecule has 0 unspecified atom stereocenters. The van der Waals surface area contributed by atoms with Crippen LogP contribution in [0, 0.1) is 0 Å². The summed E-state index contributed by atoms with van der Waals surface area (Å²) in [4.78, 5) is 24.3. The molecule has 0 atom stereocenters. The lowest BCUT2D eigenvalue weighted by molar-refractivity contribution is -0.115. The van der Waals surface area contributed by atoms with Crippen LogP contribution in [0.3, 0.4) is 0 Å². The molecule has 0 saturated carbocycles. The average Bonchev–Trinajstić information content (AvgIpc) is 3.14. The zero-order valence-corrected chi connectivity index (χ0v) is 14.8. The number of carbonyl (C=O) groups excluding carboxylic acids is 2. The Morgan fingerprint density at radius 2 is 1.77 bits per heavy atom. The lowest BCUT2D eigenvalue weighted by atomic mass is 10.2. The van der Waals surface area contributed by atoms with E-state index in [-0.39, 0.29) is 11.6 Å². The Hall–Kier alpha value is -3.06. The van der Waals surface area contributed by atoms with Crippen LogP contribution in [0.25, 0.3) is 5.69 Å². The van der Waals surface area contributed by atoms with Crippen LogP contribution in [0.1, 0.15) is 16.9 Å². The molecule has 0 fully saturated rings. The van der Waals surface area contributed by atoms with Gasteiger partial charge in [0.2, 0.25) is 5.91 Å². The molecule has 132 valence electrons. The lowest BCUT2D eigenvalue weighted by Gasteiger charge is -2.07. The second-order valence-corrected chi connectivity index (χ2v) is 6.68. The van der Waals surface area contributed by atoms with Gasteiger partial charge in [-0.1, -0.05) is 18.2 Å². The normalized spacial score (nSPS) is 10.5. The first-order valence-corrected chi connectivity index (χ1v) is 9.04. The van der Waals surface area contributed by atoms with Crippen LogP contribution in [-0.2, 0) is 4.79 Å². The zero-order chi connectivity index (χ0) is 18.4. The van der Waals surface area contributed by atoms with Crippen LogP contribution in [0.2, 0.25) is 0 Å². The highest BCUT2D eigenvalue weighted by molar-refractivity contribution is 7.99. The Balaban J connectivity index is 1.51. The van der Waals surface area contributed by atoms with Crippen molar-refractivity contribution in [3.8, 4) is 5.69 Å². The van der Waals surface area contributed by atoms with E-state index in [0.717, 1.165) is 16.3 Å². The minimum Gasteiger partial charge on any atom is -0.364 e. The number of nitrogens with zero attached hydrogens (tertiary/aromatic N) is 2. The number of primary amides is 1. The average molecular weight is 366 g/mol. The Bertz CT molecular complexity index is 891. The maximum absolute atomic E-state index is 12.0. The first-order chi connectivity index (χ1) is 12.6. The summed E-state index contributed by atoms with van der Waals surface area (Å²) in [5.41, 5.74) is 6.89. The summed E-state index contributed by atoms with van der Waals surface area (Å²) >= 11 is 1.65. The fourth-order valence-electron chi connectivity index (χ4n) is 2.30. The van der Waals surface area contributed by atoms with E-state index in [1.165, 1.54) is 0 Å². The fourth-order valence-corrected chi connectivity index (χ4v) is 3.17. The summed E-state index contributed by atoms with van der Waals surface area (Å²) in [6.45, 7) is 0. The topological polar surface area (TPSA) is 90.0 Å². The minimum atomic E-state index is -0.569. The first kappa shape index (κ1) is 17.8. The van der Waals surface area contributed by atoms with Gasteiger partial charge >= 0.3 is 0 Å². The summed E-state index contributed by atoms with van der Waals surface area (Å²) < 4.78 is 1.56. The van der Waals surface area contributed by atoms with Crippen LogP contribution in [0.15, 0.2) is 71.8 Å². The van der Waals surface area contributed by atoms with Gasteiger partial charge in [0.05, 0.1) is 5.69 Å². The van der Waals surface area contributed by atoms with Crippen LogP contribution >= 0.6 is 11.8 Å². The van der Waals surface area contributed by atoms with Crippen molar-refractivity contribution in [3.05, 3.63) is 72.6 Å². The maximum atomic E-state index is 12.0. The SMILES string of the molecule is NC(=O)c1ccn(-c2ccc(NC(=O)CCSc3ccccc3)cc2)n1. The number of amides is 2. The molecule has 6 nitrogen and oxygen atoms in total. The van der Waals surface area contributed by atoms with E-state index in [2.05, 4.69) is 10.4 Å². The first-order valence-electron chi connectivity index (χ1n) is 8.05. The number of thioether (sulfide) groups is 1. The molecule has 0 bridgehead atoms. The highest BCUT2D eigenvalue weighted by Gasteiger charge is 2.07. The van der Waals surface area contributed by atoms with Gasteiger partial charge in [0.1, 0.15) is 5.69 Å². The Morgan fingerprint density at radius 1 is 1.04 bits per heavy atom. The molecule has 7 heteroatoms. The van der Waals surface area contributed by atoms with Gasteiger partial charge in [-0.3, -0.25) is 9.59 Å². The van der Waals surface area contributed by atoms with E-state index in [9.17, 15) is 9.59 Å². The smallest absolute Gasteiger partial charge is 0.269 e. The molecule has 26 heavy (non-hydrogen) atoms. The highest BCUT2D eigenvalue weighted by atomic mass is 32.2. The molecule has 1 heterocycles. The maximum Gasteiger partial charge on any atom is 0.269 e. The highest BCUT2D eigenvalue weighted by Crippen LogP contribution is 2.18. The Labute approximate surface area is 155 Å². The quantitative estimate of drug-likeness (QED) is 0.629. The van der Waals surface area contributed by atoms with Crippen molar-refractivity contribution >= 4 is 29.3 Å². The minimum absolute atomic E-state index is 0.0312. The number of benzene rings is 2. The zero-order valence-electron chi connectivity index (χ0n) is 14.0. The third kappa shape index (κ3) is 4.73. The van der Waals surface area contributed by atoms with E-state index < -0.39 is 5.91 Å². The van der Waals surface area contributed by atoms with Crippen molar-refractivity contribution in [1.29, 1.82) is 0 Å². The monoisotopic (exact) mass is 366 g/mol. The predicted octanol–water partition coefficient (Wildman–Crippen LogP) is 3.09. The number of aromatic nitrogens is 2. The predicted molar refractivity (Wildman–Crippen MR) is 102 cm³/mol. The standard InChI is InChI=1S/C19H18N4O2S/c20-19(25)17-10-12-23(22-17)15-8-6-14(7-9-15)21-18(24)11-13-26-16-4-2-1-3-5-16/h1-10,12H,11,13H2,(H2,20,25)(H,21,24). The Kier molecular flexibility index (Phi) is 5.70. The van der Waals surface area contributed by atoms with E-state index in [4.69, 9.17) is 5.73 Å². The molecule has 1 aromatic heterocycles. The van der Waals surface area contributed by atoms with Gasteiger partial charge in [-0.05, 0) is 42.5 Å². The van der Waals surface area contributed by atoms with Gasteiger partial charge in [0.15, 0.2) is 0 Å². The van der Waals surface area contributed by atoms with E-state index in [1.807, 2.05) is 42.5 Å². The van der Waals surface area contributed by atoms with Crippen molar-refractivity contribution in [1.82, 2.24) is 9.78 Å². The number of rotatable bonds is 7. The summed E-state index contributed by atoms with van der Waals surface area (Å²) in [6.07, 6.45) is 2.09. The number of hydrogen-bond acceptors (Lipinski definition) is 4. The van der Waals surface area contributed by atoms with Gasteiger partial charge < -0.3 is 11.1 Å². The molecule has 0 radical (unpaired) electrons. The molecule has 3 N–H and O–H groups in total. The molecule has 2 aromatic carbocycles. The molecular weight excluding hydrogens is 348 g/mol. The van der Waals surface area contributed by atoms with Crippen molar-refractivity contribution < 1.29 is 9.59 Å². The molecular formula is C19H18N4O2S. The Morgan fingerprint density at radius 3 is 2.42 bits per heavy atom. The summed E-state index contributed by atoms with van der Waals surface area (Å²) in [5, 5.41) is 6.97. The number of nitrogens with one attached hydrogen (secondary N) is 1. The van der Waals surface area contributed by atoms with Gasteiger partial charge in [0, 0.05) is 29.0 Å². The van der Waals surface area contributed by atoms with Crippen LogP contribution < -0.4 is 11.1 Å². The lowest BCUT2D eigenvalue weighted by Crippen LogP contribution is -2.12. The second-order valence-electron chi connectivity index (χ2n) is 5.52. The summed E-state index contributed by atoms with van der Waals surface area (Å²) in [6, 6.07) is 18.8. The van der Waals surface area contributed by atoms with Gasteiger partial charge in [-0.25, -0.2) is 4.68 Å². The van der Waals surface area contributed by atoms with Gasteiger partial charge in [0.25, 0.3) is 5.91 Å². The fraction of sp³-hybridized carbons (Fsp3) is 0.105. The second kappa shape index (κ2) is 8.35. The number of carbonyl (C=O) groups is 2. The molecule has 0 saturated heterocycles. The van der Waals surface area contributed by atoms with Crippen LogP contribution in [0.4, 0.5) is 5.69 Å². The molecule has 3 aromatic rings. The largest absolute Gasteiger partial charge is 0.364 e. The van der Waals surface area contributed by atoms with Gasteiger partial charge in [-0.15, -0.1) is 11.8 Å². The van der Waals surface area contributed by atoms with Crippen LogP contribution in [0.5, 0.6) is 0 Å². The molecule has 0 aliphatic rings. The van der Waals surface area contributed by atoms with Crippen molar-refractivity contribution in [3.63, 3.8) is 0 Å². The van der Waals surface area contributed by atoms with Gasteiger partial charge in [-0.2, -0.15) is 5.10 Å². The third-order valence-electron chi connectivity index (χ3n) is 3.60. The molecule has 0 aliphatic heterocycles. The molecule has 0 spiro atoms. The molecule has 0 aliphatic carbocycles. The molecule has 2 amide bonds. The van der Waals surface area contributed by atoms with E-state index >= 15 is 0 Å². The molecule has 3 rings (SSSR count). The number of nitrogens with two attached hydrogens (primary N) is 1. The van der Waals surface area contributed by atoms with E-state index in [0.29, 0.717) is 12.1 Å². The van der Waals surface area contributed by atoms with Crippen molar-refractivity contribution in [2.45, 2.75) is 11.3 Å². The summed E-state index contributed by atoms with van der Waals surface area (Å²) in [5.74, 6) is 0.120. The van der Waals surface area contributed by atoms with E-state index in [1.54, 1.807) is 40.8 Å². The van der Waals surface area contributed by atoms with Crippen molar-refractivity contribution in [2.75, 3.05) is 11.1 Å². The summed E-state index contributed by atoms with van der Waals surface area (Å²) in [7, 11) is 0. The number of hydrogen-bond donors (Lipinski definition) is 2. The number of anilines is 1. The third-order valence-corrected chi connectivity index (χ3v) is 4.61. The van der Waals surface area contributed by atoms with Crippen molar-refractivity contribution in [2.24, 2.45) is 5.73 Å². The van der Waals surface area contributed by atoms with Crippen LogP contribution in [-0.4, -0.2) is 27.3 Å².